The average molecular weight is 320 g/mol. The van der Waals surface area contributed by atoms with Gasteiger partial charge in [-0.25, -0.2) is 4.39 Å². The van der Waals surface area contributed by atoms with E-state index >= 15 is 0 Å². The standard InChI is InChI=1S/C18H19ClFNO/c1-2-6-16(13-22)21(12-14-7-4-3-5-8-14)15-9-10-18(20)17(19)11-15/h2-5,7-11,16,22H,1,6,12-13H2. The van der Waals surface area contributed by atoms with Gasteiger partial charge in [0.15, 0.2) is 0 Å². The van der Waals surface area contributed by atoms with Crippen LogP contribution in [0.2, 0.25) is 5.02 Å². The molecule has 0 bridgehead atoms. The molecule has 0 saturated heterocycles. The van der Waals surface area contributed by atoms with E-state index in [2.05, 4.69) is 6.58 Å². The average Bonchev–Trinajstić information content (AvgIpc) is 2.54. The zero-order valence-electron chi connectivity index (χ0n) is 12.3. The molecule has 2 aromatic rings. The number of anilines is 1. The Morgan fingerprint density at radius 3 is 2.55 bits per heavy atom. The molecule has 2 aromatic carbocycles. The number of nitrogens with zero attached hydrogens (tertiary/aromatic N) is 1. The van der Waals surface area contributed by atoms with E-state index in [1.54, 1.807) is 18.2 Å². The second kappa shape index (κ2) is 7.97. The van der Waals surface area contributed by atoms with Gasteiger partial charge in [0.05, 0.1) is 17.7 Å². The van der Waals surface area contributed by atoms with E-state index in [4.69, 9.17) is 11.6 Å². The summed E-state index contributed by atoms with van der Waals surface area (Å²) >= 11 is 5.90. The van der Waals surface area contributed by atoms with Crippen LogP contribution in [-0.4, -0.2) is 17.8 Å². The predicted octanol–water partition coefficient (Wildman–Crippen LogP) is 4.42. The first-order valence-corrected chi connectivity index (χ1v) is 7.51. The summed E-state index contributed by atoms with van der Waals surface area (Å²) in [5.74, 6) is -0.450. The summed E-state index contributed by atoms with van der Waals surface area (Å²) in [5.41, 5.74) is 1.88. The molecule has 0 aliphatic rings. The van der Waals surface area contributed by atoms with Crippen molar-refractivity contribution in [2.24, 2.45) is 0 Å². The van der Waals surface area contributed by atoms with Gasteiger partial charge in [0.2, 0.25) is 0 Å². The molecule has 116 valence electrons. The summed E-state index contributed by atoms with van der Waals surface area (Å²) in [5, 5.41) is 9.77. The van der Waals surface area contributed by atoms with E-state index in [0.29, 0.717) is 13.0 Å². The van der Waals surface area contributed by atoms with Crippen molar-refractivity contribution in [2.75, 3.05) is 11.5 Å². The molecule has 0 radical (unpaired) electrons. The third-order valence-electron chi connectivity index (χ3n) is 3.52. The Morgan fingerprint density at radius 2 is 1.95 bits per heavy atom. The van der Waals surface area contributed by atoms with E-state index in [0.717, 1.165) is 11.3 Å². The van der Waals surface area contributed by atoms with Crippen LogP contribution in [0.15, 0.2) is 61.2 Å². The molecular weight excluding hydrogens is 301 g/mol. The maximum atomic E-state index is 13.4. The minimum absolute atomic E-state index is 0.0200. The molecule has 0 heterocycles. The van der Waals surface area contributed by atoms with Gasteiger partial charge in [-0.2, -0.15) is 0 Å². The van der Waals surface area contributed by atoms with Crippen molar-refractivity contribution in [2.45, 2.75) is 19.0 Å². The van der Waals surface area contributed by atoms with Gasteiger partial charge < -0.3 is 10.0 Å². The lowest BCUT2D eigenvalue weighted by molar-refractivity contribution is 0.258. The Bertz CT molecular complexity index is 618. The third kappa shape index (κ3) is 4.09. The molecule has 2 rings (SSSR count). The summed E-state index contributed by atoms with van der Waals surface area (Å²) in [6, 6.07) is 14.4. The van der Waals surface area contributed by atoms with Gasteiger partial charge in [-0.1, -0.05) is 48.0 Å². The molecule has 2 nitrogen and oxygen atoms in total. The summed E-state index contributed by atoms with van der Waals surface area (Å²) in [4.78, 5) is 2.02. The molecule has 1 N–H and O–H groups in total. The van der Waals surface area contributed by atoms with Crippen molar-refractivity contribution in [3.05, 3.63) is 77.6 Å². The molecule has 0 spiro atoms. The highest BCUT2D eigenvalue weighted by Gasteiger charge is 2.18. The largest absolute Gasteiger partial charge is 0.394 e. The Balaban J connectivity index is 2.35. The van der Waals surface area contributed by atoms with Crippen LogP contribution in [0.5, 0.6) is 0 Å². The van der Waals surface area contributed by atoms with E-state index in [1.165, 1.54) is 6.07 Å². The van der Waals surface area contributed by atoms with Crippen molar-refractivity contribution in [1.29, 1.82) is 0 Å². The van der Waals surface area contributed by atoms with E-state index in [9.17, 15) is 9.50 Å². The van der Waals surface area contributed by atoms with Gasteiger partial charge in [0, 0.05) is 12.2 Å². The molecule has 4 heteroatoms. The lowest BCUT2D eigenvalue weighted by Gasteiger charge is -2.32. The maximum Gasteiger partial charge on any atom is 0.141 e. The maximum absolute atomic E-state index is 13.4. The van der Waals surface area contributed by atoms with E-state index < -0.39 is 5.82 Å². The van der Waals surface area contributed by atoms with Crippen LogP contribution in [0.1, 0.15) is 12.0 Å². The molecule has 1 unspecified atom stereocenters. The lowest BCUT2D eigenvalue weighted by Crippen LogP contribution is -2.37. The van der Waals surface area contributed by atoms with Crippen LogP contribution in [0.4, 0.5) is 10.1 Å². The molecule has 0 saturated carbocycles. The van der Waals surface area contributed by atoms with Gasteiger partial charge in [-0.05, 0) is 30.2 Å². The normalized spacial score (nSPS) is 12.0. The fraction of sp³-hybridized carbons (Fsp3) is 0.222. The molecular formula is C18H19ClFNO. The minimum Gasteiger partial charge on any atom is -0.394 e. The van der Waals surface area contributed by atoms with Crippen LogP contribution in [0.3, 0.4) is 0 Å². The Hall–Kier alpha value is -1.84. The number of aliphatic hydroxyl groups excluding tert-OH is 1. The van der Waals surface area contributed by atoms with Crippen molar-refractivity contribution in [1.82, 2.24) is 0 Å². The zero-order valence-corrected chi connectivity index (χ0v) is 13.0. The number of benzene rings is 2. The molecule has 0 fully saturated rings. The van der Waals surface area contributed by atoms with Crippen LogP contribution >= 0.6 is 11.6 Å². The highest BCUT2D eigenvalue weighted by molar-refractivity contribution is 6.31. The molecule has 22 heavy (non-hydrogen) atoms. The molecule has 0 amide bonds. The van der Waals surface area contributed by atoms with Gasteiger partial charge in [0.1, 0.15) is 5.82 Å². The number of halogens is 2. The fourth-order valence-electron chi connectivity index (χ4n) is 2.37. The highest BCUT2D eigenvalue weighted by Crippen LogP contribution is 2.26. The first-order valence-electron chi connectivity index (χ1n) is 7.13. The van der Waals surface area contributed by atoms with Crippen LogP contribution in [-0.2, 0) is 6.54 Å². The monoisotopic (exact) mass is 319 g/mol. The van der Waals surface area contributed by atoms with Gasteiger partial charge in [-0.15, -0.1) is 6.58 Å². The lowest BCUT2D eigenvalue weighted by atomic mass is 10.1. The number of hydrogen-bond acceptors (Lipinski definition) is 2. The van der Waals surface area contributed by atoms with Crippen molar-refractivity contribution >= 4 is 17.3 Å². The third-order valence-corrected chi connectivity index (χ3v) is 3.81. The molecule has 0 aromatic heterocycles. The first kappa shape index (κ1) is 16.5. The Kier molecular flexibility index (Phi) is 5.99. The van der Waals surface area contributed by atoms with Crippen LogP contribution in [0, 0.1) is 5.82 Å². The Morgan fingerprint density at radius 1 is 1.23 bits per heavy atom. The van der Waals surface area contributed by atoms with Crippen molar-refractivity contribution in [3.8, 4) is 0 Å². The quantitative estimate of drug-likeness (QED) is 0.763. The van der Waals surface area contributed by atoms with Crippen LogP contribution < -0.4 is 4.90 Å². The predicted molar refractivity (Wildman–Crippen MR) is 89.7 cm³/mol. The second-order valence-corrected chi connectivity index (χ2v) is 5.48. The highest BCUT2D eigenvalue weighted by atomic mass is 35.5. The number of aliphatic hydroxyl groups is 1. The minimum atomic E-state index is -0.450. The topological polar surface area (TPSA) is 23.5 Å². The zero-order chi connectivity index (χ0) is 15.9. The summed E-state index contributed by atoms with van der Waals surface area (Å²) in [7, 11) is 0. The van der Waals surface area contributed by atoms with Gasteiger partial charge in [0.25, 0.3) is 0 Å². The van der Waals surface area contributed by atoms with E-state index in [1.807, 2.05) is 35.2 Å². The smallest absolute Gasteiger partial charge is 0.141 e. The fourth-order valence-corrected chi connectivity index (χ4v) is 2.54. The summed E-state index contributed by atoms with van der Waals surface area (Å²) < 4.78 is 13.4. The first-order chi connectivity index (χ1) is 10.7. The SMILES string of the molecule is C=CCC(CO)N(Cc1ccccc1)c1ccc(F)c(Cl)c1. The van der Waals surface area contributed by atoms with Gasteiger partial charge >= 0.3 is 0 Å². The number of hydrogen-bond donors (Lipinski definition) is 1. The van der Waals surface area contributed by atoms with Gasteiger partial charge in [-0.3, -0.25) is 0 Å². The number of rotatable bonds is 7. The summed E-state index contributed by atoms with van der Waals surface area (Å²) in [6.45, 7) is 4.32. The molecule has 1 atom stereocenters. The second-order valence-electron chi connectivity index (χ2n) is 5.07. The van der Waals surface area contributed by atoms with Crippen molar-refractivity contribution in [3.63, 3.8) is 0 Å². The van der Waals surface area contributed by atoms with Crippen LogP contribution in [0.25, 0.3) is 0 Å². The summed E-state index contributed by atoms with van der Waals surface area (Å²) in [6.07, 6.45) is 2.39. The van der Waals surface area contributed by atoms with E-state index in [-0.39, 0.29) is 17.7 Å². The molecule has 0 aliphatic carbocycles. The molecule has 0 aliphatic heterocycles. The Labute approximate surface area is 135 Å². The van der Waals surface area contributed by atoms with Crippen molar-refractivity contribution < 1.29 is 9.50 Å².